The molecular weight excluding hydrogens is 272 g/mol. The van der Waals surface area contributed by atoms with Crippen LogP contribution >= 0.6 is 11.3 Å². The number of aliphatic hydroxyl groups is 1. The van der Waals surface area contributed by atoms with E-state index in [1.165, 1.54) is 22.2 Å². The van der Waals surface area contributed by atoms with Crippen molar-refractivity contribution in [2.45, 2.75) is 19.8 Å². The number of ether oxygens (including phenoxy) is 1. The van der Waals surface area contributed by atoms with Gasteiger partial charge in [0.1, 0.15) is 23.9 Å². The SMILES string of the molecule is COCc1nnc(NC(=O)Cn2cc(CO)nn2)s1. The summed E-state index contributed by atoms with van der Waals surface area (Å²) in [6, 6.07) is 0. The molecule has 9 nitrogen and oxygen atoms in total. The van der Waals surface area contributed by atoms with Crippen LogP contribution in [-0.4, -0.2) is 43.3 Å². The fourth-order valence-corrected chi connectivity index (χ4v) is 2.01. The minimum atomic E-state index is -0.297. The lowest BCUT2D eigenvalue weighted by atomic mass is 10.5. The maximum absolute atomic E-state index is 11.7. The third kappa shape index (κ3) is 3.77. The van der Waals surface area contributed by atoms with E-state index in [1.807, 2.05) is 0 Å². The summed E-state index contributed by atoms with van der Waals surface area (Å²) >= 11 is 1.24. The first-order chi connectivity index (χ1) is 9.21. The standard InChI is InChI=1S/C9H12N6O3S/c1-18-5-8-12-13-9(19-8)10-7(17)3-15-2-6(4-16)11-14-15/h2,16H,3-5H2,1H3,(H,10,13,17). The largest absolute Gasteiger partial charge is 0.390 e. The first-order valence-electron chi connectivity index (χ1n) is 5.32. The molecule has 2 aromatic rings. The highest BCUT2D eigenvalue weighted by atomic mass is 32.1. The third-order valence-electron chi connectivity index (χ3n) is 2.03. The van der Waals surface area contributed by atoms with Crippen molar-refractivity contribution < 1.29 is 14.6 Å². The quantitative estimate of drug-likeness (QED) is 0.728. The molecule has 0 spiro atoms. The maximum atomic E-state index is 11.7. The van der Waals surface area contributed by atoms with Crippen LogP contribution in [0.5, 0.6) is 0 Å². The number of hydrogen-bond acceptors (Lipinski definition) is 8. The Morgan fingerprint density at radius 1 is 1.53 bits per heavy atom. The van der Waals surface area contributed by atoms with Gasteiger partial charge in [-0.3, -0.25) is 10.1 Å². The van der Waals surface area contributed by atoms with Gasteiger partial charge in [-0.15, -0.1) is 15.3 Å². The average Bonchev–Trinajstić information content (AvgIpc) is 2.99. The molecule has 0 saturated heterocycles. The molecule has 0 aliphatic carbocycles. The second-order valence-corrected chi connectivity index (χ2v) is 4.61. The number of hydrogen-bond donors (Lipinski definition) is 2. The van der Waals surface area contributed by atoms with E-state index < -0.39 is 0 Å². The van der Waals surface area contributed by atoms with Gasteiger partial charge in [-0.2, -0.15) is 0 Å². The van der Waals surface area contributed by atoms with E-state index in [1.54, 1.807) is 7.11 Å². The normalized spacial score (nSPS) is 10.6. The number of aliphatic hydroxyl groups excluding tert-OH is 1. The van der Waals surface area contributed by atoms with Gasteiger partial charge in [0.2, 0.25) is 11.0 Å². The number of methoxy groups -OCH3 is 1. The molecule has 0 aliphatic rings. The van der Waals surface area contributed by atoms with Crippen LogP contribution in [0, 0.1) is 0 Å². The van der Waals surface area contributed by atoms with E-state index in [4.69, 9.17) is 9.84 Å². The molecule has 0 aliphatic heterocycles. The molecule has 0 bridgehead atoms. The smallest absolute Gasteiger partial charge is 0.247 e. The van der Waals surface area contributed by atoms with Crippen molar-refractivity contribution in [1.82, 2.24) is 25.2 Å². The Bertz CT molecular complexity index is 554. The molecule has 2 aromatic heterocycles. The Morgan fingerprint density at radius 2 is 2.37 bits per heavy atom. The molecule has 10 heteroatoms. The molecule has 19 heavy (non-hydrogen) atoms. The number of anilines is 1. The van der Waals surface area contributed by atoms with Crippen LogP contribution in [0.1, 0.15) is 10.7 Å². The predicted octanol–water partition coefficient (Wildman–Crippen LogP) is -0.593. The van der Waals surface area contributed by atoms with Crippen LogP contribution in [0.3, 0.4) is 0 Å². The van der Waals surface area contributed by atoms with Crippen molar-refractivity contribution in [1.29, 1.82) is 0 Å². The van der Waals surface area contributed by atoms with Crippen molar-refractivity contribution in [3.63, 3.8) is 0 Å². The number of nitrogens with one attached hydrogen (secondary N) is 1. The molecule has 1 amide bonds. The van der Waals surface area contributed by atoms with Crippen molar-refractivity contribution in [2.24, 2.45) is 0 Å². The number of rotatable bonds is 6. The minimum Gasteiger partial charge on any atom is -0.390 e. The second-order valence-electron chi connectivity index (χ2n) is 3.55. The summed E-state index contributed by atoms with van der Waals surface area (Å²) in [7, 11) is 1.56. The monoisotopic (exact) mass is 284 g/mol. The summed E-state index contributed by atoms with van der Waals surface area (Å²) in [5.41, 5.74) is 0.408. The number of aromatic nitrogens is 5. The van der Waals surface area contributed by atoms with Gasteiger partial charge in [0.25, 0.3) is 0 Å². The molecular formula is C9H12N6O3S. The molecule has 2 heterocycles. The zero-order valence-electron chi connectivity index (χ0n) is 10.1. The van der Waals surface area contributed by atoms with Gasteiger partial charge in [0.15, 0.2) is 0 Å². The van der Waals surface area contributed by atoms with Crippen LogP contribution in [0.25, 0.3) is 0 Å². The van der Waals surface area contributed by atoms with Crippen molar-refractivity contribution in [2.75, 3.05) is 12.4 Å². The van der Waals surface area contributed by atoms with Crippen LogP contribution in [0.2, 0.25) is 0 Å². The molecule has 0 radical (unpaired) electrons. The second kappa shape index (κ2) is 6.31. The summed E-state index contributed by atoms with van der Waals surface area (Å²) in [5, 5.41) is 27.5. The molecule has 0 aromatic carbocycles. The minimum absolute atomic E-state index is 0.00775. The summed E-state index contributed by atoms with van der Waals surface area (Å²) in [4.78, 5) is 11.7. The Kier molecular flexibility index (Phi) is 4.49. The third-order valence-corrected chi connectivity index (χ3v) is 2.85. The van der Waals surface area contributed by atoms with Crippen LogP contribution < -0.4 is 5.32 Å². The van der Waals surface area contributed by atoms with Crippen molar-refractivity contribution >= 4 is 22.4 Å². The van der Waals surface area contributed by atoms with Gasteiger partial charge in [-0.1, -0.05) is 16.6 Å². The summed E-state index contributed by atoms with van der Waals surface area (Å²) in [6.45, 7) is 0.140. The summed E-state index contributed by atoms with van der Waals surface area (Å²) in [5.74, 6) is -0.297. The van der Waals surface area contributed by atoms with E-state index in [2.05, 4.69) is 25.8 Å². The maximum Gasteiger partial charge on any atom is 0.247 e. The highest BCUT2D eigenvalue weighted by molar-refractivity contribution is 7.15. The van der Waals surface area contributed by atoms with Gasteiger partial charge in [-0.05, 0) is 0 Å². The first-order valence-corrected chi connectivity index (χ1v) is 6.14. The molecule has 2 N–H and O–H groups in total. The lowest BCUT2D eigenvalue weighted by Gasteiger charge is -1.99. The van der Waals surface area contributed by atoms with E-state index in [-0.39, 0.29) is 19.1 Å². The van der Waals surface area contributed by atoms with E-state index in [9.17, 15) is 4.79 Å². The molecule has 0 saturated carbocycles. The highest BCUT2D eigenvalue weighted by Crippen LogP contribution is 2.15. The fraction of sp³-hybridized carbons (Fsp3) is 0.444. The summed E-state index contributed by atoms with van der Waals surface area (Å²) < 4.78 is 6.24. The Balaban J connectivity index is 1.89. The Hall–Kier alpha value is -1.91. The zero-order chi connectivity index (χ0) is 13.7. The molecule has 0 unspecified atom stereocenters. The van der Waals surface area contributed by atoms with Gasteiger partial charge in [0, 0.05) is 7.11 Å². The van der Waals surface area contributed by atoms with Crippen molar-refractivity contribution in [3.8, 4) is 0 Å². The lowest BCUT2D eigenvalue weighted by Crippen LogP contribution is -2.19. The van der Waals surface area contributed by atoms with Gasteiger partial charge >= 0.3 is 0 Å². The number of amides is 1. The van der Waals surface area contributed by atoms with Crippen LogP contribution in [0.15, 0.2) is 6.20 Å². The number of carbonyl (C=O) groups excluding carboxylic acids is 1. The average molecular weight is 284 g/mol. The summed E-state index contributed by atoms with van der Waals surface area (Å²) in [6.07, 6.45) is 1.50. The number of nitrogens with zero attached hydrogens (tertiary/aromatic N) is 5. The number of carbonyl (C=O) groups is 1. The van der Waals surface area contributed by atoms with Crippen LogP contribution in [-0.2, 0) is 29.3 Å². The fourth-order valence-electron chi connectivity index (χ4n) is 1.28. The highest BCUT2D eigenvalue weighted by Gasteiger charge is 2.09. The van der Waals surface area contributed by atoms with E-state index in [0.29, 0.717) is 22.4 Å². The zero-order valence-corrected chi connectivity index (χ0v) is 10.9. The van der Waals surface area contributed by atoms with Crippen LogP contribution in [0.4, 0.5) is 5.13 Å². The molecule has 0 fully saturated rings. The van der Waals surface area contributed by atoms with Crippen molar-refractivity contribution in [3.05, 3.63) is 16.9 Å². The lowest BCUT2D eigenvalue weighted by molar-refractivity contribution is -0.116. The molecule has 102 valence electrons. The molecule has 2 rings (SSSR count). The Labute approximate surface area is 112 Å². The van der Waals surface area contributed by atoms with E-state index in [0.717, 1.165) is 0 Å². The van der Waals surface area contributed by atoms with Gasteiger partial charge in [-0.25, -0.2) is 4.68 Å². The molecule has 0 atom stereocenters. The Morgan fingerprint density at radius 3 is 3.05 bits per heavy atom. The first kappa shape index (κ1) is 13.5. The van der Waals surface area contributed by atoms with Gasteiger partial charge in [0.05, 0.1) is 12.8 Å². The predicted molar refractivity (Wildman–Crippen MR) is 65.2 cm³/mol. The van der Waals surface area contributed by atoms with Gasteiger partial charge < -0.3 is 9.84 Å². The topological polar surface area (TPSA) is 115 Å². The van der Waals surface area contributed by atoms with E-state index >= 15 is 0 Å².